The third kappa shape index (κ3) is 4.87. The van der Waals surface area contributed by atoms with Crippen molar-refractivity contribution >= 4 is 46.9 Å². The minimum Gasteiger partial charge on any atom is -0.463 e. The summed E-state index contributed by atoms with van der Waals surface area (Å²) in [5, 5.41) is 13.7. The molecule has 1 atom stereocenters. The van der Waals surface area contributed by atoms with E-state index in [2.05, 4.69) is 27.8 Å². The minimum atomic E-state index is -0.396. The molecule has 2 rings (SSSR count). The monoisotopic (exact) mass is 388 g/mol. The maximum absolute atomic E-state index is 12.3. The largest absolute Gasteiger partial charge is 0.463 e. The molecule has 24 heavy (non-hydrogen) atoms. The molecule has 0 spiro atoms. The van der Waals surface area contributed by atoms with Crippen molar-refractivity contribution in [1.82, 2.24) is 20.8 Å². The van der Waals surface area contributed by atoms with E-state index in [1.54, 1.807) is 18.7 Å². The lowest BCUT2D eigenvalue weighted by molar-refractivity contribution is -0.139. The van der Waals surface area contributed by atoms with Gasteiger partial charge in [-0.3, -0.25) is 0 Å². The van der Waals surface area contributed by atoms with Crippen LogP contribution in [0.25, 0.3) is 0 Å². The molecule has 0 fully saturated rings. The van der Waals surface area contributed by atoms with Gasteiger partial charge in [-0.25, -0.2) is 9.59 Å². The molecule has 0 radical (unpaired) electrons. The normalized spacial score (nSPS) is 17.5. The highest BCUT2D eigenvalue weighted by Crippen LogP contribution is 2.30. The van der Waals surface area contributed by atoms with Crippen molar-refractivity contribution in [1.29, 1.82) is 0 Å². The molecule has 7 nitrogen and oxygen atoms in total. The Kier molecular flexibility index (Phi) is 7.38. The molecule has 0 aliphatic carbocycles. The van der Waals surface area contributed by atoms with Crippen LogP contribution in [0.1, 0.15) is 27.2 Å². The van der Waals surface area contributed by atoms with Gasteiger partial charge in [-0.15, -0.1) is 10.2 Å². The minimum absolute atomic E-state index is 0.293. The van der Waals surface area contributed by atoms with Crippen molar-refractivity contribution in [2.24, 2.45) is 0 Å². The summed E-state index contributed by atoms with van der Waals surface area (Å²) in [6, 6.07) is -0.640. The number of amides is 2. The van der Waals surface area contributed by atoms with E-state index in [-0.39, 0.29) is 12.1 Å². The molecule has 2 heterocycles. The number of hydrogen-bond acceptors (Lipinski definition) is 8. The first-order chi connectivity index (χ1) is 11.6. The van der Waals surface area contributed by atoms with Crippen LogP contribution in [0.3, 0.4) is 0 Å². The number of esters is 1. The Morgan fingerprint density at radius 1 is 1.25 bits per heavy atom. The molecule has 10 heteroatoms. The molecule has 1 aliphatic rings. The molecule has 132 valence electrons. The quantitative estimate of drug-likeness (QED) is 0.522. The van der Waals surface area contributed by atoms with E-state index >= 15 is 0 Å². The number of ether oxygens (including phenoxy) is 1. The molecule has 2 amide bonds. The van der Waals surface area contributed by atoms with Crippen LogP contribution in [0.5, 0.6) is 0 Å². The highest BCUT2D eigenvalue weighted by atomic mass is 32.2. The van der Waals surface area contributed by atoms with Gasteiger partial charge in [0, 0.05) is 11.4 Å². The zero-order valence-corrected chi connectivity index (χ0v) is 16.2. The fourth-order valence-electron chi connectivity index (χ4n) is 2.15. The van der Waals surface area contributed by atoms with Crippen LogP contribution in [0.2, 0.25) is 0 Å². The van der Waals surface area contributed by atoms with Crippen molar-refractivity contribution in [3.05, 3.63) is 11.3 Å². The molecule has 0 saturated carbocycles. The number of rotatable bonds is 8. The van der Waals surface area contributed by atoms with Crippen LogP contribution in [0.15, 0.2) is 19.9 Å². The number of aromatic nitrogens is 2. The van der Waals surface area contributed by atoms with Crippen LogP contribution in [0, 0.1) is 0 Å². The summed E-state index contributed by atoms with van der Waals surface area (Å²) in [4.78, 5) is 24.1. The molecule has 0 unspecified atom stereocenters. The van der Waals surface area contributed by atoms with Crippen molar-refractivity contribution in [3.8, 4) is 0 Å². The lowest BCUT2D eigenvalue weighted by atomic mass is 10.0. The van der Waals surface area contributed by atoms with Crippen LogP contribution < -0.4 is 10.6 Å². The third-order valence-corrected chi connectivity index (χ3v) is 6.24. The number of carbonyl (C=O) groups excluding carboxylic acids is 2. The molecular weight excluding hydrogens is 368 g/mol. The first kappa shape index (κ1) is 19.1. The Morgan fingerprint density at radius 3 is 2.58 bits per heavy atom. The topological polar surface area (TPSA) is 93.2 Å². The summed E-state index contributed by atoms with van der Waals surface area (Å²) in [5.41, 5.74) is 1.06. The van der Waals surface area contributed by atoms with Crippen LogP contribution in [0.4, 0.5) is 4.79 Å². The van der Waals surface area contributed by atoms with Crippen molar-refractivity contribution in [3.63, 3.8) is 0 Å². The lowest BCUT2D eigenvalue weighted by Gasteiger charge is -2.28. The number of hydrogen-bond donors (Lipinski definition) is 2. The molecule has 1 aromatic rings. The van der Waals surface area contributed by atoms with Gasteiger partial charge < -0.3 is 15.4 Å². The summed E-state index contributed by atoms with van der Waals surface area (Å²) >= 11 is 4.60. The van der Waals surface area contributed by atoms with Crippen molar-refractivity contribution in [2.75, 3.05) is 18.1 Å². The second-order valence-electron chi connectivity index (χ2n) is 4.73. The second-order valence-corrected chi connectivity index (χ2v) is 8.44. The van der Waals surface area contributed by atoms with Gasteiger partial charge in [-0.2, -0.15) is 0 Å². The average molecular weight is 389 g/mol. The van der Waals surface area contributed by atoms with Crippen molar-refractivity contribution < 1.29 is 14.3 Å². The first-order valence-electron chi connectivity index (χ1n) is 7.65. The van der Waals surface area contributed by atoms with Crippen LogP contribution >= 0.6 is 34.9 Å². The van der Waals surface area contributed by atoms with Gasteiger partial charge in [-0.1, -0.05) is 48.7 Å². The van der Waals surface area contributed by atoms with Crippen molar-refractivity contribution in [2.45, 2.75) is 41.9 Å². The summed E-state index contributed by atoms with van der Waals surface area (Å²) in [5.74, 6) is 0.980. The summed E-state index contributed by atoms with van der Waals surface area (Å²) < 4.78 is 6.87. The Hall–Kier alpha value is -1.26. The van der Waals surface area contributed by atoms with E-state index in [1.807, 2.05) is 6.92 Å². The molecule has 0 bridgehead atoms. The van der Waals surface area contributed by atoms with E-state index < -0.39 is 5.97 Å². The smallest absolute Gasteiger partial charge is 0.337 e. The second kappa shape index (κ2) is 9.28. The highest BCUT2D eigenvalue weighted by Gasteiger charge is 2.31. The number of urea groups is 1. The molecule has 0 aromatic carbocycles. The fraction of sp³-hybridized carbons (Fsp3) is 0.571. The van der Waals surface area contributed by atoms with Gasteiger partial charge in [0.2, 0.25) is 0 Å². The maximum atomic E-state index is 12.3. The zero-order valence-electron chi connectivity index (χ0n) is 13.7. The number of nitrogens with zero attached hydrogens (tertiary/aromatic N) is 2. The van der Waals surface area contributed by atoms with Crippen LogP contribution in [-0.2, 0) is 9.53 Å². The number of carbonyl (C=O) groups is 2. The lowest BCUT2D eigenvalue weighted by Crippen LogP contribution is -2.50. The average Bonchev–Trinajstić information content (AvgIpc) is 3.00. The van der Waals surface area contributed by atoms with E-state index in [0.717, 1.165) is 14.4 Å². The molecule has 1 aliphatic heterocycles. The summed E-state index contributed by atoms with van der Waals surface area (Å²) in [6.07, 6.45) is 0.617. The van der Waals surface area contributed by atoms with E-state index in [0.29, 0.717) is 30.1 Å². The zero-order chi connectivity index (χ0) is 17.5. The number of nitrogens with one attached hydrogen (secondary N) is 2. The van der Waals surface area contributed by atoms with E-state index in [9.17, 15) is 9.59 Å². The SMILES string of the molecule is CCOC(=O)C1=C(CSc2nnc(SCC)s2)NC(=O)N[C@@H]1CC. The predicted octanol–water partition coefficient (Wildman–Crippen LogP) is 2.65. The van der Waals surface area contributed by atoms with Gasteiger partial charge in [0.1, 0.15) is 0 Å². The number of thioether (sulfide) groups is 2. The fourth-order valence-corrected chi connectivity index (χ4v) is 5.03. The molecular formula is C14H20N4O3S3. The van der Waals surface area contributed by atoms with Gasteiger partial charge >= 0.3 is 12.0 Å². The molecule has 2 N–H and O–H groups in total. The summed E-state index contributed by atoms with van der Waals surface area (Å²) in [6.45, 7) is 6.03. The maximum Gasteiger partial charge on any atom is 0.337 e. The van der Waals surface area contributed by atoms with Crippen LogP contribution in [-0.4, -0.2) is 46.4 Å². The predicted molar refractivity (Wildman–Crippen MR) is 96.4 cm³/mol. The Labute approximate surface area is 153 Å². The highest BCUT2D eigenvalue weighted by molar-refractivity contribution is 8.03. The summed E-state index contributed by atoms with van der Waals surface area (Å²) in [7, 11) is 0. The Bertz CT molecular complexity index is 633. The van der Waals surface area contributed by atoms with Gasteiger partial charge in [0.25, 0.3) is 0 Å². The Morgan fingerprint density at radius 2 is 1.96 bits per heavy atom. The van der Waals surface area contributed by atoms with Gasteiger partial charge in [0.05, 0.1) is 18.2 Å². The molecule has 0 saturated heterocycles. The van der Waals surface area contributed by atoms with Gasteiger partial charge in [-0.05, 0) is 19.1 Å². The van der Waals surface area contributed by atoms with E-state index in [1.165, 1.54) is 23.1 Å². The molecule has 1 aromatic heterocycles. The third-order valence-electron chi connectivity index (χ3n) is 3.14. The van der Waals surface area contributed by atoms with E-state index in [4.69, 9.17) is 4.74 Å². The first-order valence-corrected chi connectivity index (χ1v) is 10.4. The van der Waals surface area contributed by atoms with Gasteiger partial charge in [0.15, 0.2) is 8.68 Å². The standard InChI is InChI=1S/C14H20N4O3S3/c1-4-8-10(11(19)21-5-2)9(16-12(20)15-8)7-23-14-18-17-13(24-14)22-6-3/h8H,4-7H2,1-3H3,(H2,15,16,20)/t8-/m1/s1. The Balaban J connectivity index is 2.16.